The third kappa shape index (κ3) is 1.87. The first-order chi connectivity index (χ1) is 11.4. The molecule has 1 nitrogen and oxygen atoms in total. The van der Waals surface area contributed by atoms with Crippen molar-refractivity contribution >= 4 is 32.5 Å². The smallest absolute Gasteiger partial charge is 0.142 e. The summed E-state index contributed by atoms with van der Waals surface area (Å²) in [5.74, 6) is 0. The van der Waals surface area contributed by atoms with Gasteiger partial charge in [0.15, 0.2) is 0 Å². The first-order valence-electron chi connectivity index (χ1n) is 7.78. The van der Waals surface area contributed by atoms with Gasteiger partial charge in [0.05, 0.1) is 6.26 Å². The molecule has 0 bridgehead atoms. The zero-order chi connectivity index (χ0) is 15.2. The number of hydrogen-bond donors (Lipinski definition) is 0. The molecule has 1 aromatic heterocycles. The zero-order valence-corrected chi connectivity index (χ0v) is 12.5. The van der Waals surface area contributed by atoms with Gasteiger partial charge in [0.2, 0.25) is 0 Å². The highest BCUT2D eigenvalue weighted by atomic mass is 16.3. The van der Waals surface area contributed by atoms with Gasteiger partial charge in [0, 0.05) is 16.3 Å². The standard InChI is InChI=1S/C22H14O/c1-2-7-17-13-18(10-9-15(17)5-1)21-14-23-22-19-8-4-3-6-16(19)11-12-20(21)22/h1-14H. The van der Waals surface area contributed by atoms with Crippen LogP contribution in [0, 0.1) is 0 Å². The Kier molecular flexibility index (Phi) is 2.56. The van der Waals surface area contributed by atoms with Crippen molar-refractivity contribution in [1.29, 1.82) is 0 Å². The van der Waals surface area contributed by atoms with Crippen LogP contribution < -0.4 is 0 Å². The average molecular weight is 294 g/mol. The summed E-state index contributed by atoms with van der Waals surface area (Å²) < 4.78 is 5.93. The fourth-order valence-corrected chi connectivity index (χ4v) is 3.34. The molecule has 108 valence electrons. The number of benzene rings is 4. The Morgan fingerprint density at radius 2 is 1.30 bits per heavy atom. The summed E-state index contributed by atoms with van der Waals surface area (Å²) in [5, 5.41) is 6.05. The molecule has 0 radical (unpaired) electrons. The first kappa shape index (κ1) is 12.5. The third-order valence-electron chi connectivity index (χ3n) is 4.52. The number of fused-ring (bicyclic) bond motifs is 4. The van der Waals surface area contributed by atoms with Gasteiger partial charge < -0.3 is 4.42 Å². The molecule has 0 aliphatic rings. The van der Waals surface area contributed by atoms with Gasteiger partial charge in [-0.05, 0) is 33.9 Å². The van der Waals surface area contributed by atoms with Crippen molar-refractivity contribution in [2.75, 3.05) is 0 Å². The van der Waals surface area contributed by atoms with E-state index >= 15 is 0 Å². The Labute approximate surface area is 133 Å². The fourth-order valence-electron chi connectivity index (χ4n) is 3.34. The van der Waals surface area contributed by atoms with Crippen LogP contribution >= 0.6 is 0 Å². The minimum absolute atomic E-state index is 0.964. The van der Waals surface area contributed by atoms with Gasteiger partial charge in [-0.2, -0.15) is 0 Å². The Hall–Kier alpha value is -3.06. The van der Waals surface area contributed by atoms with Crippen LogP contribution in [0.25, 0.3) is 43.6 Å². The lowest BCUT2D eigenvalue weighted by Crippen LogP contribution is -1.78. The number of furan rings is 1. The molecule has 0 saturated heterocycles. The van der Waals surface area contributed by atoms with Crippen LogP contribution in [-0.4, -0.2) is 0 Å². The predicted molar refractivity (Wildman–Crippen MR) is 96.7 cm³/mol. The van der Waals surface area contributed by atoms with Crippen LogP contribution in [0.5, 0.6) is 0 Å². The first-order valence-corrected chi connectivity index (χ1v) is 7.78. The molecule has 4 aromatic carbocycles. The zero-order valence-electron chi connectivity index (χ0n) is 12.5. The van der Waals surface area contributed by atoms with E-state index in [2.05, 4.69) is 78.9 Å². The summed E-state index contributed by atoms with van der Waals surface area (Å²) in [5.41, 5.74) is 3.31. The number of rotatable bonds is 1. The lowest BCUT2D eigenvalue weighted by Gasteiger charge is -2.03. The quantitative estimate of drug-likeness (QED) is 0.348. The van der Waals surface area contributed by atoms with E-state index in [9.17, 15) is 0 Å². The van der Waals surface area contributed by atoms with Gasteiger partial charge in [0.1, 0.15) is 5.58 Å². The van der Waals surface area contributed by atoms with Crippen LogP contribution in [-0.2, 0) is 0 Å². The highest BCUT2D eigenvalue weighted by Crippen LogP contribution is 2.35. The van der Waals surface area contributed by atoms with Gasteiger partial charge in [0.25, 0.3) is 0 Å². The van der Waals surface area contributed by atoms with Gasteiger partial charge in [-0.15, -0.1) is 0 Å². The minimum atomic E-state index is 0.964. The molecule has 0 N–H and O–H groups in total. The molecule has 1 heteroatoms. The summed E-state index contributed by atoms with van der Waals surface area (Å²) in [6.45, 7) is 0. The predicted octanol–water partition coefficient (Wildman–Crippen LogP) is 6.41. The molecule has 0 aliphatic heterocycles. The lowest BCUT2D eigenvalue weighted by atomic mass is 9.99. The number of hydrogen-bond acceptors (Lipinski definition) is 1. The maximum absolute atomic E-state index is 5.93. The summed E-state index contributed by atoms with van der Waals surface area (Å²) >= 11 is 0. The average Bonchev–Trinajstić information content (AvgIpc) is 3.06. The van der Waals surface area contributed by atoms with Crippen molar-refractivity contribution in [2.45, 2.75) is 0 Å². The van der Waals surface area contributed by atoms with Gasteiger partial charge in [-0.1, -0.05) is 66.7 Å². The summed E-state index contributed by atoms with van der Waals surface area (Å²) in [7, 11) is 0. The normalized spacial score (nSPS) is 11.5. The van der Waals surface area contributed by atoms with Crippen LogP contribution in [0.4, 0.5) is 0 Å². The molecule has 0 spiro atoms. The molecule has 0 unspecified atom stereocenters. The van der Waals surface area contributed by atoms with Gasteiger partial charge in [-0.3, -0.25) is 0 Å². The van der Waals surface area contributed by atoms with E-state index in [-0.39, 0.29) is 0 Å². The Bertz CT molecular complexity index is 1160. The van der Waals surface area contributed by atoms with E-state index in [1.807, 2.05) is 6.26 Å². The Morgan fingerprint density at radius 1 is 0.565 bits per heavy atom. The molecule has 1 heterocycles. The molecule has 0 aliphatic carbocycles. The molecular weight excluding hydrogens is 280 g/mol. The van der Waals surface area contributed by atoms with Gasteiger partial charge in [-0.25, -0.2) is 0 Å². The van der Waals surface area contributed by atoms with E-state index in [0.717, 1.165) is 16.5 Å². The van der Waals surface area contributed by atoms with Crippen molar-refractivity contribution in [3.8, 4) is 11.1 Å². The van der Waals surface area contributed by atoms with E-state index in [1.165, 1.54) is 27.1 Å². The second-order valence-corrected chi connectivity index (χ2v) is 5.87. The molecule has 0 saturated carbocycles. The van der Waals surface area contributed by atoms with E-state index in [0.29, 0.717) is 0 Å². The minimum Gasteiger partial charge on any atom is -0.463 e. The van der Waals surface area contributed by atoms with Crippen LogP contribution in [0.2, 0.25) is 0 Å². The Morgan fingerprint density at radius 3 is 2.22 bits per heavy atom. The second-order valence-electron chi connectivity index (χ2n) is 5.87. The van der Waals surface area contributed by atoms with Gasteiger partial charge >= 0.3 is 0 Å². The molecule has 0 fully saturated rings. The molecule has 23 heavy (non-hydrogen) atoms. The van der Waals surface area contributed by atoms with Crippen LogP contribution in [0.1, 0.15) is 0 Å². The SMILES string of the molecule is c1ccc2cc(-c3coc4c3ccc3ccccc34)ccc2c1. The van der Waals surface area contributed by atoms with E-state index < -0.39 is 0 Å². The monoisotopic (exact) mass is 294 g/mol. The van der Waals surface area contributed by atoms with Crippen molar-refractivity contribution in [1.82, 2.24) is 0 Å². The lowest BCUT2D eigenvalue weighted by molar-refractivity contribution is 0.620. The summed E-state index contributed by atoms with van der Waals surface area (Å²) in [4.78, 5) is 0. The van der Waals surface area contributed by atoms with Crippen molar-refractivity contribution < 1.29 is 4.42 Å². The van der Waals surface area contributed by atoms with E-state index in [4.69, 9.17) is 4.42 Å². The highest BCUT2D eigenvalue weighted by Gasteiger charge is 2.11. The Balaban J connectivity index is 1.80. The topological polar surface area (TPSA) is 13.1 Å². The van der Waals surface area contributed by atoms with Crippen LogP contribution in [0.15, 0.2) is 89.5 Å². The fraction of sp³-hybridized carbons (Fsp3) is 0. The van der Waals surface area contributed by atoms with Crippen LogP contribution in [0.3, 0.4) is 0 Å². The largest absolute Gasteiger partial charge is 0.463 e. The third-order valence-corrected chi connectivity index (χ3v) is 4.52. The maximum atomic E-state index is 5.93. The molecule has 0 atom stereocenters. The molecule has 5 aromatic rings. The van der Waals surface area contributed by atoms with Crippen molar-refractivity contribution in [2.24, 2.45) is 0 Å². The second kappa shape index (κ2) is 4.72. The molecule has 5 rings (SSSR count). The van der Waals surface area contributed by atoms with E-state index in [1.54, 1.807) is 0 Å². The molecule has 0 amide bonds. The highest BCUT2D eigenvalue weighted by molar-refractivity contribution is 6.09. The maximum Gasteiger partial charge on any atom is 0.142 e. The summed E-state index contributed by atoms with van der Waals surface area (Å²) in [6.07, 6.45) is 1.88. The molecular formula is C22H14O. The van der Waals surface area contributed by atoms with Crippen molar-refractivity contribution in [3.05, 3.63) is 85.1 Å². The summed E-state index contributed by atoms with van der Waals surface area (Å²) in [6, 6.07) is 27.7. The van der Waals surface area contributed by atoms with Crippen molar-refractivity contribution in [3.63, 3.8) is 0 Å².